The lowest BCUT2D eigenvalue weighted by molar-refractivity contribution is -0.140. The van der Waals surface area contributed by atoms with Gasteiger partial charge in [-0.25, -0.2) is 9.82 Å². The fraction of sp³-hybridized carbons (Fsp3) is 0.167. The Hall–Kier alpha value is -1.57. The van der Waals surface area contributed by atoms with Crippen molar-refractivity contribution in [3.05, 3.63) is 58.3 Å². The van der Waals surface area contributed by atoms with Crippen LogP contribution >= 0.6 is 11.6 Å². The van der Waals surface area contributed by atoms with Crippen LogP contribution in [0.15, 0.2) is 34.9 Å². The molecule has 0 radical (unpaired) electrons. The molecule has 1 aromatic carbocycles. The quantitative estimate of drug-likeness (QED) is 0.517. The summed E-state index contributed by atoms with van der Waals surface area (Å²) in [5, 5.41) is 0.0215. The van der Waals surface area contributed by atoms with Crippen molar-refractivity contribution in [2.45, 2.75) is 12.2 Å². The normalized spacial score (nSPS) is 13.5. The molecule has 3 nitrogen and oxygen atoms in total. The lowest BCUT2D eigenvalue weighted by Crippen LogP contribution is -2.29. The molecule has 20 heavy (non-hydrogen) atoms. The highest BCUT2D eigenvalue weighted by Gasteiger charge is 2.34. The summed E-state index contributed by atoms with van der Waals surface area (Å²) in [7, 11) is 0. The molecule has 0 aliphatic rings. The third-order valence-electron chi connectivity index (χ3n) is 2.76. The number of hydrogen-bond donors (Lipinski definition) is 2. The molecule has 8 heteroatoms. The highest BCUT2D eigenvalue weighted by molar-refractivity contribution is 6.29. The van der Waals surface area contributed by atoms with Gasteiger partial charge in [-0.05, 0) is 35.4 Å². The molecule has 0 aliphatic heterocycles. The third-order valence-corrected chi connectivity index (χ3v) is 3.06. The predicted molar refractivity (Wildman–Crippen MR) is 64.3 cm³/mol. The van der Waals surface area contributed by atoms with Gasteiger partial charge < -0.3 is 4.42 Å². The number of rotatable bonds is 3. The maximum Gasteiger partial charge on any atom is 0.419 e. The predicted octanol–water partition coefficient (Wildman–Crippen LogP) is 3.64. The number of nitrogens with one attached hydrogen (secondary N) is 1. The number of furan rings is 1. The van der Waals surface area contributed by atoms with Crippen molar-refractivity contribution in [2.75, 3.05) is 0 Å². The summed E-state index contributed by atoms with van der Waals surface area (Å²) in [5.41, 5.74) is 1.61. The maximum atomic E-state index is 13.5. The molecule has 1 aromatic heterocycles. The summed E-state index contributed by atoms with van der Waals surface area (Å²) >= 11 is 5.77. The lowest BCUT2D eigenvalue weighted by Gasteiger charge is -2.17. The van der Waals surface area contributed by atoms with Crippen molar-refractivity contribution in [1.29, 1.82) is 0 Å². The van der Waals surface area contributed by atoms with Crippen molar-refractivity contribution < 1.29 is 22.0 Å². The molecule has 1 heterocycles. The molecule has 3 N–H and O–H groups in total. The SMILES string of the molecule is NNC(c1ccc(C(F)(F)F)c(F)c1)c1ccoc1Cl. The Morgan fingerprint density at radius 3 is 2.40 bits per heavy atom. The highest BCUT2D eigenvalue weighted by atomic mass is 35.5. The van der Waals surface area contributed by atoms with Gasteiger partial charge in [0, 0.05) is 5.56 Å². The number of alkyl halides is 3. The van der Waals surface area contributed by atoms with Crippen LogP contribution in [0.1, 0.15) is 22.7 Å². The highest BCUT2D eigenvalue weighted by Crippen LogP contribution is 2.34. The van der Waals surface area contributed by atoms with E-state index < -0.39 is 23.6 Å². The second kappa shape index (κ2) is 5.43. The van der Waals surface area contributed by atoms with Gasteiger partial charge in [-0.1, -0.05) is 6.07 Å². The summed E-state index contributed by atoms with van der Waals surface area (Å²) in [6.07, 6.45) is -3.45. The molecule has 2 aromatic rings. The third kappa shape index (κ3) is 2.79. The largest absolute Gasteiger partial charge is 0.453 e. The second-order valence-corrected chi connectivity index (χ2v) is 4.33. The lowest BCUT2D eigenvalue weighted by atomic mass is 10.00. The maximum absolute atomic E-state index is 13.5. The van der Waals surface area contributed by atoms with Crippen LogP contribution in [0, 0.1) is 5.82 Å². The minimum atomic E-state index is -4.75. The molecule has 0 saturated heterocycles. The van der Waals surface area contributed by atoms with Gasteiger partial charge in [0.15, 0.2) is 5.22 Å². The van der Waals surface area contributed by atoms with Crippen LogP contribution < -0.4 is 11.3 Å². The van der Waals surface area contributed by atoms with E-state index in [1.165, 1.54) is 12.3 Å². The molecule has 0 saturated carbocycles. The van der Waals surface area contributed by atoms with Crippen LogP contribution in [-0.2, 0) is 6.18 Å². The van der Waals surface area contributed by atoms with Crippen molar-refractivity contribution in [2.24, 2.45) is 5.84 Å². The van der Waals surface area contributed by atoms with Crippen molar-refractivity contribution in [3.8, 4) is 0 Å². The van der Waals surface area contributed by atoms with Gasteiger partial charge in [-0.2, -0.15) is 13.2 Å². The van der Waals surface area contributed by atoms with Gasteiger partial charge in [0.25, 0.3) is 0 Å². The summed E-state index contributed by atoms with van der Waals surface area (Å²) in [6, 6.07) is 3.25. The molecule has 1 unspecified atom stereocenters. The van der Waals surface area contributed by atoms with Gasteiger partial charge in [-0.3, -0.25) is 5.84 Å². The number of benzene rings is 1. The van der Waals surface area contributed by atoms with E-state index in [1.807, 2.05) is 0 Å². The van der Waals surface area contributed by atoms with E-state index in [4.69, 9.17) is 21.9 Å². The van der Waals surface area contributed by atoms with Crippen LogP contribution in [0.2, 0.25) is 5.22 Å². The van der Waals surface area contributed by atoms with Crippen molar-refractivity contribution in [3.63, 3.8) is 0 Å². The molecule has 0 bridgehead atoms. The average molecular weight is 309 g/mol. The Labute approximate surface area is 116 Å². The minimum Gasteiger partial charge on any atom is -0.453 e. The monoisotopic (exact) mass is 308 g/mol. The van der Waals surface area contributed by atoms with Crippen molar-refractivity contribution >= 4 is 11.6 Å². The summed E-state index contributed by atoms with van der Waals surface area (Å²) in [6.45, 7) is 0. The average Bonchev–Trinajstić information content (AvgIpc) is 2.75. The van der Waals surface area contributed by atoms with Gasteiger partial charge in [0.1, 0.15) is 5.82 Å². The van der Waals surface area contributed by atoms with Crippen LogP contribution in [0.3, 0.4) is 0 Å². The van der Waals surface area contributed by atoms with E-state index in [1.54, 1.807) is 0 Å². The van der Waals surface area contributed by atoms with E-state index in [-0.39, 0.29) is 10.8 Å². The molecule has 0 amide bonds. The standard InChI is InChI=1S/C12H9ClF4N2O/c13-11-7(3-4-20-11)10(19-18)6-1-2-8(9(14)5-6)12(15,16)17/h1-5,10,19H,18H2. The van der Waals surface area contributed by atoms with Crippen LogP contribution in [0.5, 0.6) is 0 Å². The number of nitrogens with two attached hydrogens (primary N) is 1. The first-order valence-corrected chi connectivity index (χ1v) is 5.78. The Kier molecular flexibility index (Phi) is 4.03. The molecule has 0 fully saturated rings. The fourth-order valence-corrected chi connectivity index (χ4v) is 2.04. The van der Waals surface area contributed by atoms with E-state index >= 15 is 0 Å². The molecule has 0 aliphatic carbocycles. The molecule has 108 valence electrons. The molecule has 0 spiro atoms. The first kappa shape index (κ1) is 14.8. The van der Waals surface area contributed by atoms with Gasteiger partial charge in [0.2, 0.25) is 0 Å². The van der Waals surface area contributed by atoms with Crippen LogP contribution in [-0.4, -0.2) is 0 Å². The number of halogens is 5. The van der Waals surface area contributed by atoms with Gasteiger partial charge >= 0.3 is 6.18 Å². The fourth-order valence-electron chi connectivity index (χ4n) is 1.82. The second-order valence-electron chi connectivity index (χ2n) is 3.99. The Balaban J connectivity index is 2.43. The zero-order valence-electron chi connectivity index (χ0n) is 9.84. The number of hydrazine groups is 1. The summed E-state index contributed by atoms with van der Waals surface area (Å²) < 4.78 is 55.9. The van der Waals surface area contributed by atoms with E-state index in [9.17, 15) is 17.6 Å². The first-order chi connectivity index (χ1) is 9.34. The Bertz CT molecular complexity index is 612. The Morgan fingerprint density at radius 2 is 1.95 bits per heavy atom. The zero-order chi connectivity index (χ0) is 14.9. The molecule has 2 rings (SSSR count). The topological polar surface area (TPSA) is 51.2 Å². The van der Waals surface area contributed by atoms with E-state index in [0.29, 0.717) is 11.6 Å². The Morgan fingerprint density at radius 1 is 1.25 bits per heavy atom. The molecular weight excluding hydrogens is 300 g/mol. The van der Waals surface area contributed by atoms with Crippen LogP contribution in [0.25, 0.3) is 0 Å². The summed E-state index contributed by atoms with van der Waals surface area (Å²) in [4.78, 5) is 0. The minimum absolute atomic E-state index is 0.0215. The van der Waals surface area contributed by atoms with E-state index in [0.717, 1.165) is 12.1 Å². The van der Waals surface area contributed by atoms with Gasteiger partial charge in [-0.15, -0.1) is 0 Å². The van der Waals surface area contributed by atoms with Gasteiger partial charge in [0.05, 0.1) is 17.9 Å². The van der Waals surface area contributed by atoms with Crippen LogP contribution in [0.4, 0.5) is 17.6 Å². The first-order valence-electron chi connectivity index (χ1n) is 5.40. The molecular formula is C12H9ClF4N2O. The number of hydrogen-bond acceptors (Lipinski definition) is 3. The van der Waals surface area contributed by atoms with Crippen molar-refractivity contribution in [1.82, 2.24) is 5.43 Å². The van der Waals surface area contributed by atoms with E-state index in [2.05, 4.69) is 5.43 Å². The summed E-state index contributed by atoms with van der Waals surface area (Å²) in [5.74, 6) is 3.96. The zero-order valence-corrected chi connectivity index (χ0v) is 10.6. The smallest absolute Gasteiger partial charge is 0.419 e. The molecule has 1 atom stereocenters.